The Balaban J connectivity index is 4.98. The molecule has 0 fully saturated rings. The third-order valence-electron chi connectivity index (χ3n) is 3.76. The first-order valence-corrected chi connectivity index (χ1v) is 7.02. The van der Waals surface area contributed by atoms with E-state index in [1.54, 1.807) is 0 Å². The fraction of sp³-hybridized carbons (Fsp3) is 0.647. The van der Waals surface area contributed by atoms with Gasteiger partial charge in [-0.05, 0) is 50.8 Å². The molecule has 2 atom stereocenters. The Morgan fingerprint density at radius 1 is 1.33 bits per heavy atom. The normalized spacial score (nSPS) is 16.6. The van der Waals surface area contributed by atoms with Gasteiger partial charge in [0.25, 0.3) is 0 Å². The maximum atomic E-state index is 5.39. The first-order chi connectivity index (χ1) is 8.53. The van der Waals surface area contributed by atoms with Crippen LogP contribution in [-0.4, -0.2) is 24.5 Å². The quantitative estimate of drug-likeness (QED) is 0.480. The Morgan fingerprint density at radius 3 is 2.33 bits per heavy atom. The summed E-state index contributed by atoms with van der Waals surface area (Å²) >= 11 is 0. The van der Waals surface area contributed by atoms with E-state index in [4.69, 9.17) is 6.42 Å². The Labute approximate surface area is 114 Å². The molecule has 0 aromatic rings. The summed E-state index contributed by atoms with van der Waals surface area (Å²) < 4.78 is 0. The van der Waals surface area contributed by atoms with Gasteiger partial charge in [0.1, 0.15) is 0 Å². The first-order valence-electron chi connectivity index (χ1n) is 7.02. The summed E-state index contributed by atoms with van der Waals surface area (Å²) in [6, 6.07) is 0.457. The molecule has 1 heteroatoms. The van der Waals surface area contributed by atoms with Crippen molar-refractivity contribution >= 4 is 0 Å². The Morgan fingerprint density at radius 2 is 1.94 bits per heavy atom. The van der Waals surface area contributed by atoms with Gasteiger partial charge >= 0.3 is 0 Å². The van der Waals surface area contributed by atoms with Crippen LogP contribution in [0.3, 0.4) is 0 Å². The molecule has 0 aliphatic carbocycles. The maximum Gasteiger partial charge on any atom is 0.0598 e. The number of allylic oxidation sites excluding steroid dienone is 3. The summed E-state index contributed by atoms with van der Waals surface area (Å²) in [5.41, 5.74) is 2.95. The van der Waals surface area contributed by atoms with E-state index in [0.717, 1.165) is 12.8 Å². The van der Waals surface area contributed by atoms with Crippen LogP contribution in [0.4, 0.5) is 0 Å². The van der Waals surface area contributed by atoms with E-state index in [1.807, 2.05) is 0 Å². The molecular weight excluding hydrogens is 218 g/mol. The lowest BCUT2D eigenvalue weighted by molar-refractivity contribution is 0.240. The van der Waals surface area contributed by atoms with Crippen molar-refractivity contribution in [2.24, 2.45) is 5.92 Å². The molecule has 18 heavy (non-hydrogen) atoms. The van der Waals surface area contributed by atoms with Gasteiger partial charge in [0.05, 0.1) is 6.54 Å². The van der Waals surface area contributed by atoms with Crippen LogP contribution in [0.15, 0.2) is 23.3 Å². The lowest BCUT2D eigenvalue weighted by Gasteiger charge is -2.31. The summed E-state index contributed by atoms with van der Waals surface area (Å²) in [4.78, 5) is 2.24. The predicted octanol–water partition coefficient (Wildman–Crippen LogP) is 4.27. The topological polar surface area (TPSA) is 3.24 Å². The third kappa shape index (κ3) is 4.70. The largest absolute Gasteiger partial charge is 0.292 e. The fourth-order valence-electron chi connectivity index (χ4n) is 2.38. The van der Waals surface area contributed by atoms with Crippen molar-refractivity contribution in [2.75, 3.05) is 13.6 Å². The molecule has 102 valence electrons. The minimum atomic E-state index is 0.457. The monoisotopic (exact) mass is 247 g/mol. The highest BCUT2D eigenvalue weighted by Gasteiger charge is 2.21. The zero-order chi connectivity index (χ0) is 14.1. The molecule has 0 amide bonds. The zero-order valence-corrected chi connectivity index (χ0v) is 13.0. The van der Waals surface area contributed by atoms with Crippen LogP contribution in [0.2, 0.25) is 0 Å². The smallest absolute Gasteiger partial charge is 0.0598 e. The molecule has 0 aromatic heterocycles. The minimum Gasteiger partial charge on any atom is -0.292 e. The molecule has 0 heterocycles. The van der Waals surface area contributed by atoms with Crippen molar-refractivity contribution < 1.29 is 0 Å². The van der Waals surface area contributed by atoms with Gasteiger partial charge in [-0.25, -0.2) is 0 Å². The average molecular weight is 247 g/mol. The van der Waals surface area contributed by atoms with Gasteiger partial charge in [0.2, 0.25) is 0 Å². The standard InChI is InChI=1S/C17H29N/c1-8-12-16(10-3)17(11-4)14(5)15(6)18(7)13-9-2/h2,11-12,14-15H,8,10,13H2,1,3-7H3/b16-12-,17-11-. The highest BCUT2D eigenvalue weighted by molar-refractivity contribution is 5.33. The molecule has 0 spiro atoms. The van der Waals surface area contributed by atoms with Crippen molar-refractivity contribution in [3.63, 3.8) is 0 Å². The van der Waals surface area contributed by atoms with Gasteiger partial charge in [0, 0.05) is 6.04 Å². The van der Waals surface area contributed by atoms with E-state index in [0.29, 0.717) is 18.5 Å². The molecule has 0 N–H and O–H groups in total. The number of rotatable bonds is 7. The fourth-order valence-corrected chi connectivity index (χ4v) is 2.38. The Hall–Kier alpha value is -1.00. The van der Waals surface area contributed by atoms with Crippen LogP contribution in [0.25, 0.3) is 0 Å². The number of nitrogens with zero attached hydrogens (tertiary/aromatic N) is 1. The molecule has 0 saturated carbocycles. The van der Waals surface area contributed by atoms with Crippen LogP contribution >= 0.6 is 0 Å². The second kappa shape index (κ2) is 9.00. The van der Waals surface area contributed by atoms with Gasteiger partial charge in [-0.1, -0.05) is 38.8 Å². The van der Waals surface area contributed by atoms with Crippen molar-refractivity contribution in [1.82, 2.24) is 4.90 Å². The lowest BCUT2D eigenvalue weighted by atomic mass is 9.86. The molecule has 0 aliphatic heterocycles. The van der Waals surface area contributed by atoms with Crippen molar-refractivity contribution in [3.8, 4) is 12.3 Å². The van der Waals surface area contributed by atoms with Crippen LogP contribution in [0, 0.1) is 18.3 Å². The summed E-state index contributed by atoms with van der Waals surface area (Å²) in [7, 11) is 2.10. The van der Waals surface area contributed by atoms with E-state index in [1.165, 1.54) is 11.1 Å². The molecule has 2 unspecified atom stereocenters. The Kier molecular flexibility index (Phi) is 8.50. The van der Waals surface area contributed by atoms with Crippen LogP contribution in [-0.2, 0) is 0 Å². The summed E-state index contributed by atoms with van der Waals surface area (Å²) in [5, 5.41) is 0. The average Bonchev–Trinajstić information content (AvgIpc) is 2.37. The second-order valence-corrected chi connectivity index (χ2v) is 4.88. The summed E-state index contributed by atoms with van der Waals surface area (Å²) in [6.07, 6.45) is 12.2. The van der Waals surface area contributed by atoms with Crippen molar-refractivity contribution in [2.45, 2.75) is 53.5 Å². The summed E-state index contributed by atoms with van der Waals surface area (Å²) in [6.45, 7) is 11.8. The number of terminal acetylenes is 1. The van der Waals surface area contributed by atoms with Crippen LogP contribution in [0.1, 0.15) is 47.5 Å². The number of hydrogen-bond donors (Lipinski definition) is 0. The van der Waals surface area contributed by atoms with Crippen LogP contribution in [0.5, 0.6) is 0 Å². The highest BCUT2D eigenvalue weighted by atomic mass is 15.1. The molecule has 0 bridgehead atoms. The first kappa shape index (κ1) is 17.0. The molecular formula is C17H29N. The van der Waals surface area contributed by atoms with Crippen molar-refractivity contribution in [3.05, 3.63) is 23.3 Å². The van der Waals surface area contributed by atoms with E-state index in [-0.39, 0.29) is 0 Å². The molecule has 0 rings (SSSR count). The highest BCUT2D eigenvalue weighted by Crippen LogP contribution is 2.27. The summed E-state index contributed by atoms with van der Waals surface area (Å²) in [5.74, 6) is 3.23. The Bertz CT molecular complexity index is 330. The van der Waals surface area contributed by atoms with Crippen molar-refractivity contribution in [1.29, 1.82) is 0 Å². The van der Waals surface area contributed by atoms with E-state index in [9.17, 15) is 0 Å². The van der Waals surface area contributed by atoms with E-state index >= 15 is 0 Å². The molecule has 0 saturated heterocycles. The lowest BCUT2D eigenvalue weighted by Crippen LogP contribution is -2.35. The molecule has 0 aromatic carbocycles. The van der Waals surface area contributed by atoms with Gasteiger partial charge in [-0.15, -0.1) is 6.42 Å². The van der Waals surface area contributed by atoms with E-state index in [2.05, 4.69) is 64.6 Å². The van der Waals surface area contributed by atoms with Gasteiger partial charge in [0.15, 0.2) is 0 Å². The third-order valence-corrected chi connectivity index (χ3v) is 3.76. The van der Waals surface area contributed by atoms with E-state index < -0.39 is 0 Å². The van der Waals surface area contributed by atoms with Crippen LogP contribution < -0.4 is 0 Å². The molecule has 0 radical (unpaired) electrons. The van der Waals surface area contributed by atoms with Gasteiger partial charge < -0.3 is 0 Å². The van der Waals surface area contributed by atoms with Gasteiger partial charge in [-0.3, -0.25) is 4.90 Å². The SMILES string of the molecule is C#CCN(C)C(C)C(C)C(=C/C)/C(=C\CC)CC. The minimum absolute atomic E-state index is 0.457. The molecule has 0 aliphatic rings. The van der Waals surface area contributed by atoms with Gasteiger partial charge in [-0.2, -0.15) is 0 Å². The second-order valence-electron chi connectivity index (χ2n) is 4.88. The number of hydrogen-bond acceptors (Lipinski definition) is 1. The zero-order valence-electron chi connectivity index (χ0n) is 13.0. The molecule has 1 nitrogen and oxygen atoms in total. The maximum absolute atomic E-state index is 5.39. The predicted molar refractivity (Wildman–Crippen MR) is 82.5 cm³/mol.